The van der Waals surface area contributed by atoms with E-state index in [1.54, 1.807) is 6.07 Å². The molecule has 1 fully saturated rings. The van der Waals surface area contributed by atoms with Crippen molar-refractivity contribution in [3.05, 3.63) is 29.6 Å². The lowest BCUT2D eigenvalue weighted by molar-refractivity contribution is 0.100. The number of nitrogens with one attached hydrogen (secondary N) is 1. The van der Waals surface area contributed by atoms with Crippen molar-refractivity contribution in [2.24, 2.45) is 5.73 Å². The van der Waals surface area contributed by atoms with Crippen LogP contribution in [-0.4, -0.2) is 33.9 Å². The van der Waals surface area contributed by atoms with Crippen molar-refractivity contribution in [2.45, 2.75) is 32.2 Å². The Morgan fingerprint density at radius 3 is 3.05 bits per heavy atom. The average Bonchev–Trinajstić information content (AvgIpc) is 3.01. The first kappa shape index (κ1) is 13.1. The van der Waals surface area contributed by atoms with Crippen molar-refractivity contribution in [2.75, 3.05) is 13.1 Å². The fourth-order valence-corrected chi connectivity index (χ4v) is 3.28. The van der Waals surface area contributed by atoms with E-state index in [-0.39, 0.29) is 5.54 Å². The first-order chi connectivity index (χ1) is 9.56. The number of imidazole rings is 1. The second-order valence-corrected chi connectivity index (χ2v) is 5.61. The largest absolute Gasteiger partial charge is 0.366 e. The van der Waals surface area contributed by atoms with E-state index in [1.807, 2.05) is 12.1 Å². The van der Waals surface area contributed by atoms with Crippen LogP contribution in [0.3, 0.4) is 0 Å². The number of para-hydroxylation sites is 1. The van der Waals surface area contributed by atoms with Crippen LogP contribution < -0.4 is 5.73 Å². The van der Waals surface area contributed by atoms with Crippen LogP contribution in [0, 0.1) is 0 Å². The molecule has 1 aromatic carbocycles. The molecule has 0 spiro atoms. The smallest absolute Gasteiger partial charge is 0.250 e. The van der Waals surface area contributed by atoms with E-state index < -0.39 is 5.91 Å². The van der Waals surface area contributed by atoms with Crippen molar-refractivity contribution < 1.29 is 4.79 Å². The van der Waals surface area contributed by atoms with Gasteiger partial charge in [0.2, 0.25) is 0 Å². The summed E-state index contributed by atoms with van der Waals surface area (Å²) in [5, 5.41) is 0. The highest BCUT2D eigenvalue weighted by atomic mass is 16.1. The maximum Gasteiger partial charge on any atom is 0.250 e. The summed E-state index contributed by atoms with van der Waals surface area (Å²) in [5.74, 6) is 0.498. The predicted molar refractivity (Wildman–Crippen MR) is 78.4 cm³/mol. The number of H-pyrrole nitrogens is 1. The number of hydrogen-bond donors (Lipinski definition) is 2. The number of amides is 1. The van der Waals surface area contributed by atoms with Gasteiger partial charge in [0.1, 0.15) is 11.3 Å². The highest BCUT2D eigenvalue weighted by Gasteiger charge is 2.39. The zero-order chi connectivity index (χ0) is 14.3. The zero-order valence-corrected chi connectivity index (χ0v) is 11.9. The molecule has 2 heterocycles. The van der Waals surface area contributed by atoms with E-state index in [2.05, 4.69) is 28.7 Å². The average molecular weight is 272 g/mol. The number of carbonyl (C=O) groups is 1. The van der Waals surface area contributed by atoms with Gasteiger partial charge in [-0.05, 0) is 45.0 Å². The second-order valence-electron chi connectivity index (χ2n) is 5.61. The third-order valence-electron chi connectivity index (χ3n) is 4.46. The number of hydrogen-bond acceptors (Lipinski definition) is 3. The molecule has 20 heavy (non-hydrogen) atoms. The Balaban J connectivity index is 2.14. The first-order valence-corrected chi connectivity index (χ1v) is 7.10. The topological polar surface area (TPSA) is 75.0 Å². The van der Waals surface area contributed by atoms with Crippen molar-refractivity contribution in [1.29, 1.82) is 0 Å². The first-order valence-electron chi connectivity index (χ1n) is 7.10. The SMILES string of the molecule is CCN1CCC[C@]1(C)c1nc2c(C(N)=O)cccc2[nH]1. The molecular formula is C15H20N4O. The summed E-state index contributed by atoms with van der Waals surface area (Å²) in [6.07, 6.45) is 2.25. The van der Waals surface area contributed by atoms with E-state index in [0.29, 0.717) is 11.1 Å². The van der Waals surface area contributed by atoms with Crippen molar-refractivity contribution >= 4 is 16.9 Å². The summed E-state index contributed by atoms with van der Waals surface area (Å²) in [7, 11) is 0. The van der Waals surface area contributed by atoms with E-state index in [9.17, 15) is 4.79 Å². The molecule has 1 aliphatic heterocycles. The van der Waals surface area contributed by atoms with E-state index >= 15 is 0 Å². The lowest BCUT2D eigenvalue weighted by atomic mass is 9.98. The molecule has 1 aromatic heterocycles. The summed E-state index contributed by atoms with van der Waals surface area (Å²) >= 11 is 0. The van der Waals surface area contributed by atoms with Gasteiger partial charge < -0.3 is 10.7 Å². The van der Waals surface area contributed by atoms with Gasteiger partial charge in [0.15, 0.2) is 0 Å². The van der Waals surface area contributed by atoms with E-state index in [1.165, 1.54) is 6.42 Å². The molecule has 5 heteroatoms. The third kappa shape index (κ3) is 1.81. The van der Waals surface area contributed by atoms with Gasteiger partial charge in [0, 0.05) is 0 Å². The van der Waals surface area contributed by atoms with Gasteiger partial charge in [0.25, 0.3) is 5.91 Å². The number of aromatic nitrogens is 2. The van der Waals surface area contributed by atoms with Gasteiger partial charge in [-0.25, -0.2) is 4.98 Å². The standard InChI is InChI=1S/C15H20N4O/c1-3-19-9-5-8-15(19,2)14-17-11-7-4-6-10(13(16)20)12(11)18-14/h4,6-7H,3,5,8-9H2,1-2H3,(H2,16,20)(H,17,18)/t15-/m1/s1. The summed E-state index contributed by atoms with van der Waals surface area (Å²) in [5.41, 5.74) is 7.38. The molecule has 0 aliphatic carbocycles. The minimum atomic E-state index is -0.433. The normalized spacial score (nSPS) is 23.5. The van der Waals surface area contributed by atoms with Crippen LogP contribution in [0.4, 0.5) is 0 Å². The van der Waals surface area contributed by atoms with Gasteiger partial charge in [-0.1, -0.05) is 13.0 Å². The van der Waals surface area contributed by atoms with Gasteiger partial charge in [-0.3, -0.25) is 9.69 Å². The second kappa shape index (κ2) is 4.59. The highest BCUT2D eigenvalue weighted by molar-refractivity contribution is 6.04. The Hall–Kier alpha value is -1.88. The van der Waals surface area contributed by atoms with Crippen LogP contribution in [0.1, 0.15) is 42.9 Å². The highest BCUT2D eigenvalue weighted by Crippen LogP contribution is 2.37. The molecule has 1 amide bonds. The molecule has 3 rings (SSSR count). The minimum absolute atomic E-state index is 0.0807. The summed E-state index contributed by atoms with van der Waals surface area (Å²) in [6, 6.07) is 5.50. The third-order valence-corrected chi connectivity index (χ3v) is 4.46. The summed E-state index contributed by atoms with van der Waals surface area (Å²) in [6.45, 7) is 6.47. The molecule has 106 valence electrons. The van der Waals surface area contributed by atoms with Crippen LogP contribution in [0.15, 0.2) is 18.2 Å². The number of benzene rings is 1. The Bertz CT molecular complexity index is 663. The Labute approximate surface area is 118 Å². The number of aromatic amines is 1. The van der Waals surface area contributed by atoms with E-state index in [0.717, 1.165) is 30.9 Å². The number of primary amides is 1. The molecule has 3 N–H and O–H groups in total. The van der Waals surface area contributed by atoms with Crippen LogP contribution in [0.2, 0.25) is 0 Å². The number of carbonyl (C=O) groups excluding carboxylic acids is 1. The van der Waals surface area contributed by atoms with Crippen LogP contribution in [0.25, 0.3) is 11.0 Å². The lowest BCUT2D eigenvalue weighted by Gasteiger charge is -2.32. The number of fused-ring (bicyclic) bond motifs is 1. The van der Waals surface area contributed by atoms with Crippen LogP contribution in [0.5, 0.6) is 0 Å². The number of rotatable bonds is 3. The molecule has 0 radical (unpaired) electrons. The Morgan fingerprint density at radius 2 is 2.35 bits per heavy atom. The molecule has 1 saturated heterocycles. The monoisotopic (exact) mass is 272 g/mol. The maximum absolute atomic E-state index is 11.5. The van der Waals surface area contributed by atoms with Gasteiger partial charge in [0.05, 0.1) is 16.6 Å². The molecule has 2 aromatic rings. The predicted octanol–water partition coefficient (Wildman–Crippen LogP) is 1.99. The maximum atomic E-state index is 11.5. The van der Waals surface area contributed by atoms with Crippen molar-refractivity contribution in [3.8, 4) is 0 Å². The number of nitrogens with zero attached hydrogens (tertiary/aromatic N) is 2. The molecule has 0 bridgehead atoms. The summed E-state index contributed by atoms with van der Waals surface area (Å²) in [4.78, 5) is 22.0. The van der Waals surface area contributed by atoms with E-state index in [4.69, 9.17) is 5.73 Å². The minimum Gasteiger partial charge on any atom is -0.366 e. The van der Waals surface area contributed by atoms with Crippen molar-refractivity contribution in [1.82, 2.24) is 14.9 Å². The Morgan fingerprint density at radius 1 is 1.55 bits per heavy atom. The van der Waals surface area contributed by atoms with Crippen molar-refractivity contribution in [3.63, 3.8) is 0 Å². The van der Waals surface area contributed by atoms with Gasteiger partial charge >= 0.3 is 0 Å². The summed E-state index contributed by atoms with van der Waals surface area (Å²) < 4.78 is 0. The molecule has 1 aliphatic rings. The fraction of sp³-hybridized carbons (Fsp3) is 0.467. The zero-order valence-electron chi connectivity index (χ0n) is 11.9. The fourth-order valence-electron chi connectivity index (χ4n) is 3.28. The number of likely N-dealkylation sites (tertiary alicyclic amines) is 1. The van der Waals surface area contributed by atoms with Gasteiger partial charge in [-0.2, -0.15) is 0 Å². The molecule has 0 unspecified atom stereocenters. The molecule has 1 atom stereocenters. The lowest BCUT2D eigenvalue weighted by Crippen LogP contribution is -2.39. The van der Waals surface area contributed by atoms with Crippen LogP contribution in [-0.2, 0) is 5.54 Å². The molecule has 0 saturated carbocycles. The molecular weight excluding hydrogens is 252 g/mol. The molecule has 5 nitrogen and oxygen atoms in total. The number of nitrogens with two attached hydrogens (primary N) is 1. The van der Waals surface area contributed by atoms with Gasteiger partial charge in [-0.15, -0.1) is 0 Å². The Kier molecular flexibility index (Phi) is 3.01. The van der Waals surface area contributed by atoms with Crippen LogP contribution >= 0.6 is 0 Å². The quantitative estimate of drug-likeness (QED) is 0.897.